The van der Waals surface area contributed by atoms with E-state index in [2.05, 4.69) is 4.98 Å². The van der Waals surface area contributed by atoms with Gasteiger partial charge in [0.1, 0.15) is 5.84 Å². The number of amidine groups is 1. The lowest BCUT2D eigenvalue weighted by atomic mass is 10.2. The number of hydrogen-bond donors (Lipinski definition) is 2. The van der Waals surface area contributed by atoms with E-state index in [1.54, 1.807) is 18.5 Å². The molecule has 0 spiro atoms. The number of likely N-dealkylation sites (N-methyl/N-ethyl adjacent to an activating group) is 1. The quantitative estimate of drug-likeness (QED) is 0.432. The van der Waals surface area contributed by atoms with E-state index >= 15 is 0 Å². The second kappa shape index (κ2) is 5.82. The summed E-state index contributed by atoms with van der Waals surface area (Å²) in [5, 5.41) is 7.54. The van der Waals surface area contributed by atoms with Gasteiger partial charge in [0.2, 0.25) is 0 Å². The van der Waals surface area contributed by atoms with Gasteiger partial charge in [-0.2, -0.15) is 0 Å². The standard InChI is InChI=1S/C13H20N4O/c1-17(6-7-18-9-10-2-3-10)12-8-16-5-4-11(12)13(14)15/h4-5,8,10H,2-3,6-7,9H2,1H3,(H3,14,15). The number of pyridine rings is 1. The number of nitrogens with two attached hydrogens (primary N) is 1. The average molecular weight is 248 g/mol. The lowest BCUT2D eigenvalue weighted by Crippen LogP contribution is -2.26. The van der Waals surface area contributed by atoms with Crippen molar-refractivity contribution in [3.8, 4) is 0 Å². The lowest BCUT2D eigenvalue weighted by molar-refractivity contribution is 0.131. The van der Waals surface area contributed by atoms with E-state index in [9.17, 15) is 0 Å². The highest BCUT2D eigenvalue weighted by Crippen LogP contribution is 2.28. The number of rotatable bonds is 7. The van der Waals surface area contributed by atoms with E-state index in [1.165, 1.54) is 12.8 Å². The van der Waals surface area contributed by atoms with Crippen molar-refractivity contribution in [2.45, 2.75) is 12.8 Å². The third-order valence-electron chi connectivity index (χ3n) is 3.12. The molecule has 1 heterocycles. The van der Waals surface area contributed by atoms with Crippen molar-refractivity contribution in [3.63, 3.8) is 0 Å². The molecule has 0 unspecified atom stereocenters. The van der Waals surface area contributed by atoms with Gasteiger partial charge in [0, 0.05) is 32.0 Å². The van der Waals surface area contributed by atoms with Crippen molar-refractivity contribution in [1.82, 2.24) is 4.98 Å². The van der Waals surface area contributed by atoms with E-state index in [4.69, 9.17) is 15.9 Å². The molecule has 0 amide bonds. The van der Waals surface area contributed by atoms with Crippen molar-refractivity contribution < 1.29 is 4.74 Å². The third kappa shape index (κ3) is 3.43. The zero-order valence-electron chi connectivity index (χ0n) is 10.7. The number of aromatic nitrogens is 1. The van der Waals surface area contributed by atoms with Gasteiger partial charge in [-0.05, 0) is 24.8 Å². The molecule has 0 radical (unpaired) electrons. The molecule has 1 aliphatic carbocycles. The molecule has 0 saturated heterocycles. The zero-order chi connectivity index (χ0) is 13.0. The van der Waals surface area contributed by atoms with Crippen LogP contribution < -0.4 is 10.6 Å². The van der Waals surface area contributed by atoms with Gasteiger partial charge in [-0.15, -0.1) is 0 Å². The fourth-order valence-electron chi connectivity index (χ4n) is 1.77. The van der Waals surface area contributed by atoms with Gasteiger partial charge in [-0.25, -0.2) is 0 Å². The minimum Gasteiger partial charge on any atom is -0.384 e. The van der Waals surface area contributed by atoms with E-state index in [0.717, 1.165) is 30.3 Å². The molecule has 1 aromatic rings. The van der Waals surface area contributed by atoms with E-state index < -0.39 is 0 Å². The van der Waals surface area contributed by atoms with E-state index in [-0.39, 0.29) is 5.84 Å². The highest BCUT2D eigenvalue weighted by atomic mass is 16.5. The average Bonchev–Trinajstić information content (AvgIpc) is 3.18. The van der Waals surface area contributed by atoms with Gasteiger partial charge in [-0.3, -0.25) is 10.4 Å². The fourth-order valence-corrected chi connectivity index (χ4v) is 1.77. The number of anilines is 1. The topological polar surface area (TPSA) is 75.2 Å². The Balaban J connectivity index is 1.86. The fraction of sp³-hybridized carbons (Fsp3) is 0.538. The molecule has 0 bridgehead atoms. The molecule has 2 rings (SSSR count). The molecule has 1 saturated carbocycles. The Kier molecular flexibility index (Phi) is 4.15. The molecule has 5 nitrogen and oxygen atoms in total. The summed E-state index contributed by atoms with van der Waals surface area (Å²) in [6.07, 6.45) is 6.01. The van der Waals surface area contributed by atoms with E-state index in [0.29, 0.717) is 6.61 Å². The first-order valence-electron chi connectivity index (χ1n) is 6.25. The summed E-state index contributed by atoms with van der Waals surface area (Å²) in [4.78, 5) is 6.11. The molecule has 5 heteroatoms. The molecule has 1 fully saturated rings. The molecule has 0 aliphatic heterocycles. The number of nitrogens with one attached hydrogen (secondary N) is 1. The van der Waals surface area contributed by atoms with Gasteiger partial charge in [0.25, 0.3) is 0 Å². The van der Waals surface area contributed by atoms with Crippen LogP contribution in [-0.2, 0) is 4.74 Å². The SMILES string of the molecule is CN(CCOCC1CC1)c1cnccc1C(=N)N. The second-order valence-electron chi connectivity index (χ2n) is 4.75. The maximum atomic E-state index is 7.54. The minimum absolute atomic E-state index is 0.0677. The van der Waals surface area contributed by atoms with Gasteiger partial charge in [0.15, 0.2) is 0 Å². The highest BCUT2D eigenvalue weighted by Gasteiger charge is 2.21. The van der Waals surface area contributed by atoms with Crippen molar-refractivity contribution in [2.75, 3.05) is 31.7 Å². The Hall–Kier alpha value is -1.62. The summed E-state index contributed by atoms with van der Waals surface area (Å²) in [6, 6.07) is 1.76. The predicted molar refractivity (Wildman–Crippen MR) is 72.1 cm³/mol. The van der Waals surface area contributed by atoms with Gasteiger partial charge >= 0.3 is 0 Å². The van der Waals surface area contributed by atoms with Crippen LogP contribution in [-0.4, -0.2) is 37.6 Å². The smallest absolute Gasteiger partial charge is 0.125 e. The first-order valence-corrected chi connectivity index (χ1v) is 6.25. The highest BCUT2D eigenvalue weighted by molar-refractivity contribution is 6.00. The van der Waals surface area contributed by atoms with Crippen molar-refractivity contribution >= 4 is 11.5 Å². The molecule has 3 N–H and O–H groups in total. The van der Waals surface area contributed by atoms with E-state index in [1.807, 2.05) is 11.9 Å². The Morgan fingerprint density at radius 1 is 1.61 bits per heavy atom. The van der Waals surface area contributed by atoms with Gasteiger partial charge in [0.05, 0.1) is 18.5 Å². The summed E-state index contributed by atoms with van der Waals surface area (Å²) in [5.74, 6) is 0.861. The number of nitrogen functional groups attached to an aromatic ring is 1. The van der Waals surface area contributed by atoms with Crippen molar-refractivity contribution in [1.29, 1.82) is 5.41 Å². The van der Waals surface area contributed by atoms with Crippen LogP contribution in [0.25, 0.3) is 0 Å². The maximum absolute atomic E-state index is 7.54. The number of ether oxygens (including phenoxy) is 1. The summed E-state index contributed by atoms with van der Waals surface area (Å²) in [7, 11) is 1.96. The Bertz CT molecular complexity index is 417. The summed E-state index contributed by atoms with van der Waals surface area (Å²) in [6.45, 7) is 2.35. The van der Waals surface area contributed by atoms with Crippen molar-refractivity contribution in [3.05, 3.63) is 24.0 Å². The van der Waals surface area contributed by atoms with Gasteiger partial charge < -0.3 is 15.4 Å². The Morgan fingerprint density at radius 2 is 2.39 bits per heavy atom. The Labute approximate surface area is 107 Å². The maximum Gasteiger partial charge on any atom is 0.125 e. The first kappa shape index (κ1) is 12.8. The van der Waals surface area contributed by atoms with Crippen LogP contribution in [0.15, 0.2) is 18.5 Å². The van der Waals surface area contributed by atoms with Crippen LogP contribution in [0.5, 0.6) is 0 Å². The molecule has 1 aliphatic rings. The zero-order valence-corrected chi connectivity index (χ0v) is 10.7. The first-order chi connectivity index (χ1) is 8.68. The summed E-state index contributed by atoms with van der Waals surface area (Å²) in [5.41, 5.74) is 7.15. The predicted octanol–water partition coefficient (Wildman–Crippen LogP) is 1.23. The van der Waals surface area contributed by atoms with Crippen LogP contribution in [0, 0.1) is 11.3 Å². The van der Waals surface area contributed by atoms with Crippen LogP contribution in [0.4, 0.5) is 5.69 Å². The summed E-state index contributed by atoms with van der Waals surface area (Å²) < 4.78 is 5.60. The summed E-state index contributed by atoms with van der Waals surface area (Å²) >= 11 is 0. The van der Waals surface area contributed by atoms with Crippen LogP contribution in [0.3, 0.4) is 0 Å². The molecule has 0 atom stereocenters. The molecule has 18 heavy (non-hydrogen) atoms. The lowest BCUT2D eigenvalue weighted by Gasteiger charge is -2.21. The van der Waals surface area contributed by atoms with Crippen LogP contribution >= 0.6 is 0 Å². The molecule has 0 aromatic carbocycles. The third-order valence-corrected chi connectivity index (χ3v) is 3.12. The minimum atomic E-state index is 0.0677. The largest absolute Gasteiger partial charge is 0.384 e. The number of hydrogen-bond acceptors (Lipinski definition) is 4. The molecule has 98 valence electrons. The Morgan fingerprint density at radius 3 is 3.06 bits per heavy atom. The van der Waals surface area contributed by atoms with Gasteiger partial charge in [-0.1, -0.05) is 0 Å². The normalized spacial score (nSPS) is 14.5. The van der Waals surface area contributed by atoms with Crippen LogP contribution in [0.1, 0.15) is 18.4 Å². The second-order valence-corrected chi connectivity index (χ2v) is 4.75. The van der Waals surface area contributed by atoms with Crippen molar-refractivity contribution in [2.24, 2.45) is 11.7 Å². The molecular weight excluding hydrogens is 228 g/mol. The number of nitrogens with zero attached hydrogens (tertiary/aromatic N) is 2. The molecular formula is C13H20N4O. The monoisotopic (exact) mass is 248 g/mol. The van der Waals surface area contributed by atoms with Crippen LogP contribution in [0.2, 0.25) is 0 Å². The molecule has 1 aromatic heterocycles.